The van der Waals surface area contributed by atoms with Crippen molar-refractivity contribution < 1.29 is 28.8 Å². The lowest BCUT2D eigenvalue weighted by molar-refractivity contribution is -0.140. The number of benzene rings is 2. The molecule has 17 nitrogen and oxygen atoms in total. The van der Waals surface area contributed by atoms with Crippen LogP contribution in [0.2, 0.25) is 0 Å². The SMILES string of the molecule is NC(=O)[C@@H]1Cc2cccc3sc(cc23)C2=N[C@@H](CS2)C(=O)N2CCC[C@H]2C(=O)N[C@H](CC2CCCCC2)C(=O)N[C@@H](Cc2c[nH]c3ccccc23)C(=O)N[C@@H](CCCN=C(N)N)C(=O)N1. The Morgan fingerprint density at radius 3 is 2.37 bits per heavy atom. The maximum Gasteiger partial charge on any atom is 0.248 e. The van der Waals surface area contributed by atoms with Crippen LogP contribution in [0.5, 0.6) is 0 Å². The predicted molar refractivity (Wildman–Crippen MR) is 253 cm³/mol. The average Bonchev–Trinajstić information content (AvgIpc) is 4.13. The summed E-state index contributed by atoms with van der Waals surface area (Å²) in [4.78, 5) is 100. The van der Waals surface area contributed by atoms with Gasteiger partial charge in [-0.2, -0.15) is 0 Å². The van der Waals surface area contributed by atoms with E-state index in [9.17, 15) is 28.8 Å². The van der Waals surface area contributed by atoms with E-state index in [-0.39, 0.29) is 50.0 Å². The Hall–Kier alpha value is -5.95. The van der Waals surface area contributed by atoms with Crippen LogP contribution in [0.4, 0.5) is 0 Å². The molecule has 4 aliphatic rings. The number of amides is 6. The Labute approximate surface area is 384 Å². The number of hydrogen-bond donors (Lipinski definition) is 8. The molecule has 2 fully saturated rings. The largest absolute Gasteiger partial charge is 0.370 e. The van der Waals surface area contributed by atoms with Crippen molar-refractivity contribution in [3.8, 4) is 0 Å². The zero-order chi connectivity index (χ0) is 45.6. The number of nitrogens with two attached hydrogens (primary N) is 3. The maximum absolute atomic E-state index is 14.7. The molecule has 0 spiro atoms. The summed E-state index contributed by atoms with van der Waals surface area (Å²) in [6.45, 7) is 0.554. The number of para-hydroxylation sites is 1. The molecular formula is C46H57N11O6S2. The van der Waals surface area contributed by atoms with Gasteiger partial charge in [-0.25, -0.2) is 0 Å². The second-order valence-corrected chi connectivity index (χ2v) is 19.6. The van der Waals surface area contributed by atoms with Gasteiger partial charge in [0.25, 0.3) is 0 Å². The summed E-state index contributed by atoms with van der Waals surface area (Å²) in [5.74, 6) is -2.84. The Morgan fingerprint density at radius 2 is 1.57 bits per heavy atom. The average molecular weight is 924 g/mol. The number of fused-ring (bicyclic) bond motifs is 5. The molecule has 0 radical (unpaired) electrons. The van der Waals surface area contributed by atoms with Crippen LogP contribution in [0.1, 0.15) is 80.2 Å². The predicted octanol–water partition coefficient (Wildman–Crippen LogP) is 2.48. The molecule has 11 N–H and O–H groups in total. The third kappa shape index (κ3) is 10.8. The number of guanidine groups is 1. The van der Waals surface area contributed by atoms with E-state index in [1.807, 2.05) is 48.5 Å². The Morgan fingerprint density at radius 1 is 0.815 bits per heavy atom. The third-order valence-electron chi connectivity index (χ3n) is 13.0. The van der Waals surface area contributed by atoms with E-state index >= 15 is 0 Å². The van der Waals surface area contributed by atoms with Gasteiger partial charge in [0, 0.05) is 53.5 Å². The van der Waals surface area contributed by atoms with Crippen LogP contribution in [0, 0.1) is 5.92 Å². The van der Waals surface area contributed by atoms with Gasteiger partial charge in [-0.3, -0.25) is 38.8 Å². The number of carbonyl (C=O) groups excluding carboxylic acids is 6. The Balaban J connectivity index is 1.17. The van der Waals surface area contributed by atoms with Crippen molar-refractivity contribution in [2.75, 3.05) is 18.8 Å². The van der Waals surface area contributed by atoms with Crippen LogP contribution in [0.25, 0.3) is 21.0 Å². The maximum atomic E-state index is 14.7. The fourth-order valence-electron chi connectivity index (χ4n) is 9.55. The molecule has 8 rings (SSSR count). The highest BCUT2D eigenvalue weighted by Gasteiger charge is 2.41. The number of aromatic amines is 1. The van der Waals surface area contributed by atoms with E-state index < -0.39 is 65.8 Å². The summed E-state index contributed by atoms with van der Waals surface area (Å²) in [5.41, 5.74) is 19.5. The fraction of sp³-hybridized carbons (Fsp3) is 0.478. The molecule has 344 valence electrons. The van der Waals surface area contributed by atoms with E-state index in [1.54, 1.807) is 11.1 Å². The molecule has 3 aliphatic heterocycles. The topological polar surface area (TPSA) is 272 Å². The number of primary amides is 1. The van der Waals surface area contributed by atoms with Crippen molar-refractivity contribution in [1.82, 2.24) is 31.2 Å². The number of thioether (sulfide) groups is 1. The Kier molecular flexibility index (Phi) is 14.4. The van der Waals surface area contributed by atoms with Crippen LogP contribution < -0.4 is 38.5 Å². The number of hydrogen-bond acceptors (Lipinski definition) is 10. The van der Waals surface area contributed by atoms with Crippen molar-refractivity contribution in [2.45, 2.75) is 113 Å². The van der Waals surface area contributed by atoms with E-state index in [4.69, 9.17) is 22.2 Å². The van der Waals surface area contributed by atoms with Gasteiger partial charge in [0.2, 0.25) is 35.4 Å². The lowest BCUT2D eigenvalue weighted by atomic mass is 9.84. The third-order valence-corrected chi connectivity index (χ3v) is 15.3. The molecule has 4 bridgehead atoms. The van der Waals surface area contributed by atoms with Gasteiger partial charge in [0.15, 0.2) is 5.96 Å². The lowest BCUT2D eigenvalue weighted by Crippen LogP contribution is -2.59. The van der Waals surface area contributed by atoms with Gasteiger partial charge >= 0.3 is 0 Å². The summed E-state index contributed by atoms with van der Waals surface area (Å²) in [6.07, 6.45) is 8.58. The number of thiophene rings is 1. The van der Waals surface area contributed by atoms with Crippen molar-refractivity contribution in [1.29, 1.82) is 0 Å². The van der Waals surface area contributed by atoms with Crippen molar-refractivity contribution in [3.05, 3.63) is 70.7 Å². The molecule has 6 atom stereocenters. The number of aliphatic imine (C=N–C) groups is 2. The number of rotatable bonds is 9. The molecule has 2 aromatic heterocycles. The molecule has 19 heteroatoms. The van der Waals surface area contributed by atoms with E-state index in [0.717, 1.165) is 69.1 Å². The number of aromatic nitrogens is 1. The van der Waals surface area contributed by atoms with Gasteiger partial charge in [0.1, 0.15) is 41.3 Å². The minimum atomic E-state index is -1.21. The van der Waals surface area contributed by atoms with E-state index in [0.29, 0.717) is 36.6 Å². The zero-order valence-corrected chi connectivity index (χ0v) is 37.8. The van der Waals surface area contributed by atoms with Crippen molar-refractivity contribution in [3.63, 3.8) is 0 Å². The van der Waals surface area contributed by atoms with Gasteiger partial charge < -0.3 is 48.4 Å². The number of H-pyrrole nitrogens is 1. The number of carbonyl (C=O) groups is 6. The molecule has 6 amide bonds. The van der Waals surface area contributed by atoms with Crippen LogP contribution in [-0.4, -0.2) is 111 Å². The minimum Gasteiger partial charge on any atom is -0.370 e. The summed E-state index contributed by atoms with van der Waals surface area (Å²) in [6, 6.07) is 9.20. The second kappa shape index (κ2) is 20.5. The molecule has 4 aromatic rings. The fourth-order valence-corrected chi connectivity index (χ4v) is 11.8. The first-order chi connectivity index (χ1) is 31.4. The second-order valence-electron chi connectivity index (χ2n) is 17.5. The lowest BCUT2D eigenvalue weighted by Gasteiger charge is -2.31. The summed E-state index contributed by atoms with van der Waals surface area (Å²) >= 11 is 2.99. The highest BCUT2D eigenvalue weighted by Crippen LogP contribution is 2.35. The first-order valence-electron chi connectivity index (χ1n) is 22.6. The van der Waals surface area contributed by atoms with Crippen LogP contribution in [-0.2, 0) is 41.6 Å². The van der Waals surface area contributed by atoms with E-state index in [1.165, 1.54) is 23.1 Å². The minimum absolute atomic E-state index is 0.0391. The first kappa shape index (κ1) is 45.6. The van der Waals surface area contributed by atoms with Crippen LogP contribution >= 0.6 is 23.1 Å². The summed E-state index contributed by atoms with van der Waals surface area (Å²) in [5, 5.41) is 14.1. The standard InChI is InChI=1S/C46H57N11O6S2/c47-39(58)32-20-26-11-6-16-37-29(26)22-38(65-37)44-56-35(24-64-44)45(63)57-18-8-15-36(57)43(62)55-33(19-25-9-2-1-3-10-25)41(60)54-34(21-27-23-51-30-13-5-4-12-28(27)30)42(61)52-31(40(59)53-32)14-7-17-50-46(48)49/h4-6,11-13,16,22-23,25,31-36,51H,1-3,7-10,14-15,17-21,24H2,(H2,47,58)(H,52,61)(H,53,59)(H,54,60)(H,55,62)(H4,48,49,50)/t31-,32-,33+,34-,35-,36-/m0/s1. The van der Waals surface area contributed by atoms with Crippen LogP contribution in [0.15, 0.2) is 64.7 Å². The van der Waals surface area contributed by atoms with Gasteiger partial charge in [-0.15, -0.1) is 23.1 Å². The number of nitrogens with one attached hydrogen (secondary N) is 5. The Bertz CT molecular complexity index is 2510. The molecule has 1 aliphatic carbocycles. The summed E-state index contributed by atoms with van der Waals surface area (Å²) < 4.78 is 0.923. The first-order valence-corrected chi connectivity index (χ1v) is 24.4. The molecular weight excluding hydrogens is 867 g/mol. The zero-order valence-electron chi connectivity index (χ0n) is 36.2. The molecule has 1 saturated carbocycles. The molecule has 0 unspecified atom stereocenters. The van der Waals surface area contributed by atoms with Crippen LogP contribution in [0.3, 0.4) is 0 Å². The van der Waals surface area contributed by atoms with Crippen molar-refractivity contribution >= 4 is 90.5 Å². The molecule has 2 aromatic carbocycles. The molecule has 5 heterocycles. The van der Waals surface area contributed by atoms with Gasteiger partial charge in [0.05, 0.1) is 4.88 Å². The van der Waals surface area contributed by atoms with Gasteiger partial charge in [-0.1, -0.05) is 62.4 Å². The quantitative estimate of drug-likeness (QED) is 0.0695. The molecule has 65 heavy (non-hydrogen) atoms. The highest BCUT2D eigenvalue weighted by atomic mass is 32.2. The number of nitrogens with zero attached hydrogens (tertiary/aromatic N) is 3. The normalized spacial score (nSPS) is 25.1. The molecule has 1 saturated heterocycles. The van der Waals surface area contributed by atoms with E-state index in [2.05, 4.69) is 31.2 Å². The van der Waals surface area contributed by atoms with Gasteiger partial charge in [-0.05, 0) is 72.7 Å². The monoisotopic (exact) mass is 923 g/mol. The smallest absolute Gasteiger partial charge is 0.248 e. The highest BCUT2D eigenvalue weighted by molar-refractivity contribution is 8.15. The summed E-state index contributed by atoms with van der Waals surface area (Å²) in [7, 11) is 0. The van der Waals surface area contributed by atoms with Crippen molar-refractivity contribution in [2.24, 2.45) is 33.1 Å².